The Kier molecular flexibility index (Phi) is 6.39. The predicted molar refractivity (Wildman–Crippen MR) is 128 cm³/mol. The minimum atomic E-state index is 0.0428. The van der Waals surface area contributed by atoms with Gasteiger partial charge in [-0.05, 0) is 44.5 Å². The van der Waals surface area contributed by atoms with Crippen molar-refractivity contribution >= 4 is 11.6 Å². The lowest BCUT2D eigenvalue weighted by atomic mass is 9.96. The SMILES string of the molecule is Cc1cccc(-c2noc(CN3CCCC(C(=O)N4CCN(c5ccccc5)CC4)C3)n2)c1. The summed E-state index contributed by atoms with van der Waals surface area (Å²) >= 11 is 0. The molecule has 0 aliphatic carbocycles. The maximum absolute atomic E-state index is 13.2. The van der Waals surface area contributed by atoms with E-state index in [1.165, 1.54) is 11.3 Å². The summed E-state index contributed by atoms with van der Waals surface area (Å²) in [7, 11) is 0. The molecule has 0 bridgehead atoms. The van der Waals surface area contributed by atoms with Gasteiger partial charge in [0.15, 0.2) is 0 Å². The Bertz CT molecular complexity index is 1080. The molecule has 0 spiro atoms. The summed E-state index contributed by atoms with van der Waals surface area (Å²) in [5.41, 5.74) is 3.37. The molecule has 2 fully saturated rings. The van der Waals surface area contributed by atoms with Crippen molar-refractivity contribution in [1.29, 1.82) is 0 Å². The second-order valence-electron chi connectivity index (χ2n) is 9.10. The van der Waals surface area contributed by atoms with E-state index in [1.807, 2.05) is 18.2 Å². The summed E-state index contributed by atoms with van der Waals surface area (Å²) in [6.07, 6.45) is 1.96. The van der Waals surface area contributed by atoms with Crippen molar-refractivity contribution in [3.63, 3.8) is 0 Å². The number of anilines is 1. The second-order valence-corrected chi connectivity index (χ2v) is 9.10. The lowest BCUT2D eigenvalue weighted by Gasteiger charge is -2.39. The molecule has 2 aromatic carbocycles. The number of rotatable bonds is 5. The van der Waals surface area contributed by atoms with E-state index in [9.17, 15) is 4.79 Å². The Morgan fingerprint density at radius 3 is 2.64 bits per heavy atom. The molecule has 1 unspecified atom stereocenters. The molecule has 1 atom stereocenters. The number of carbonyl (C=O) groups excluding carboxylic acids is 1. The third-order valence-corrected chi connectivity index (χ3v) is 6.67. The number of amides is 1. The number of piperidine rings is 1. The highest BCUT2D eigenvalue weighted by molar-refractivity contribution is 5.79. The summed E-state index contributed by atoms with van der Waals surface area (Å²) in [4.78, 5) is 24.5. The molecular weight excluding hydrogens is 414 g/mol. The van der Waals surface area contributed by atoms with Gasteiger partial charge in [0.05, 0.1) is 12.5 Å². The van der Waals surface area contributed by atoms with Crippen molar-refractivity contribution in [3.05, 3.63) is 66.1 Å². The number of para-hydroxylation sites is 1. The van der Waals surface area contributed by atoms with Crippen LogP contribution in [0.1, 0.15) is 24.3 Å². The monoisotopic (exact) mass is 445 g/mol. The first-order valence-corrected chi connectivity index (χ1v) is 11.9. The number of piperazine rings is 1. The van der Waals surface area contributed by atoms with E-state index < -0.39 is 0 Å². The third-order valence-electron chi connectivity index (χ3n) is 6.67. The van der Waals surface area contributed by atoms with Crippen LogP contribution in [0.25, 0.3) is 11.4 Å². The highest BCUT2D eigenvalue weighted by Crippen LogP contribution is 2.23. The van der Waals surface area contributed by atoms with E-state index in [1.54, 1.807) is 0 Å². The smallest absolute Gasteiger partial charge is 0.241 e. The molecule has 1 amide bonds. The van der Waals surface area contributed by atoms with Gasteiger partial charge in [0, 0.05) is 44.0 Å². The summed E-state index contributed by atoms with van der Waals surface area (Å²) < 4.78 is 5.52. The van der Waals surface area contributed by atoms with Crippen LogP contribution < -0.4 is 4.90 Å². The fraction of sp³-hybridized carbons (Fsp3) is 0.423. The van der Waals surface area contributed by atoms with Crippen molar-refractivity contribution in [2.24, 2.45) is 5.92 Å². The lowest BCUT2D eigenvalue weighted by molar-refractivity contribution is -0.137. The molecule has 3 aromatic rings. The summed E-state index contributed by atoms with van der Waals surface area (Å²) in [5.74, 6) is 1.56. The summed E-state index contributed by atoms with van der Waals surface area (Å²) in [5, 5.41) is 4.16. The van der Waals surface area contributed by atoms with Gasteiger partial charge in [0.1, 0.15) is 0 Å². The lowest BCUT2D eigenvalue weighted by Crippen LogP contribution is -2.52. The van der Waals surface area contributed by atoms with Gasteiger partial charge in [-0.25, -0.2) is 0 Å². The Morgan fingerprint density at radius 2 is 1.85 bits per heavy atom. The topological polar surface area (TPSA) is 65.7 Å². The van der Waals surface area contributed by atoms with Crippen molar-refractivity contribution in [3.8, 4) is 11.4 Å². The first-order chi connectivity index (χ1) is 16.2. The number of nitrogens with zero attached hydrogens (tertiary/aromatic N) is 5. The van der Waals surface area contributed by atoms with E-state index in [4.69, 9.17) is 4.52 Å². The van der Waals surface area contributed by atoms with Crippen LogP contribution in [0.2, 0.25) is 0 Å². The molecule has 7 nitrogen and oxygen atoms in total. The van der Waals surface area contributed by atoms with Gasteiger partial charge < -0.3 is 14.3 Å². The van der Waals surface area contributed by atoms with Gasteiger partial charge in [0.25, 0.3) is 0 Å². The fourth-order valence-electron chi connectivity index (χ4n) is 4.89. The molecule has 0 radical (unpaired) electrons. The number of likely N-dealkylation sites (tertiary alicyclic amines) is 1. The number of hydrogen-bond donors (Lipinski definition) is 0. The Labute approximate surface area is 195 Å². The van der Waals surface area contributed by atoms with Crippen LogP contribution in [0.5, 0.6) is 0 Å². The van der Waals surface area contributed by atoms with Crippen LogP contribution >= 0.6 is 0 Å². The summed E-state index contributed by atoms with van der Waals surface area (Å²) in [6, 6.07) is 18.6. The third kappa shape index (κ3) is 5.09. The number of carbonyl (C=O) groups is 1. The second kappa shape index (κ2) is 9.75. The van der Waals surface area contributed by atoms with Crippen LogP contribution in [0.4, 0.5) is 5.69 Å². The van der Waals surface area contributed by atoms with Crippen molar-refractivity contribution in [2.45, 2.75) is 26.3 Å². The number of benzene rings is 2. The standard InChI is InChI=1S/C26H31N5O2/c1-20-7-5-8-21(17-20)25-27-24(33-28-25)19-29-12-6-9-22(18-29)26(32)31-15-13-30(14-16-31)23-10-3-2-4-11-23/h2-5,7-8,10-11,17,22H,6,9,12-16,18-19H2,1H3. The molecule has 1 aromatic heterocycles. The van der Waals surface area contributed by atoms with E-state index in [-0.39, 0.29) is 5.92 Å². The number of aryl methyl sites for hydroxylation is 1. The van der Waals surface area contributed by atoms with Crippen LogP contribution in [0, 0.1) is 12.8 Å². The van der Waals surface area contributed by atoms with Crippen molar-refractivity contribution < 1.29 is 9.32 Å². The van der Waals surface area contributed by atoms with E-state index in [2.05, 4.69) is 68.2 Å². The molecule has 2 aliphatic heterocycles. The Morgan fingerprint density at radius 1 is 1.03 bits per heavy atom. The van der Waals surface area contributed by atoms with E-state index >= 15 is 0 Å². The molecule has 3 heterocycles. The highest BCUT2D eigenvalue weighted by atomic mass is 16.5. The molecule has 33 heavy (non-hydrogen) atoms. The van der Waals surface area contributed by atoms with Gasteiger partial charge >= 0.3 is 0 Å². The zero-order valence-electron chi connectivity index (χ0n) is 19.2. The molecule has 2 saturated heterocycles. The summed E-state index contributed by atoms with van der Waals surface area (Å²) in [6.45, 7) is 7.68. The van der Waals surface area contributed by atoms with Crippen LogP contribution in [-0.2, 0) is 11.3 Å². The van der Waals surface area contributed by atoms with Gasteiger partial charge in [-0.3, -0.25) is 9.69 Å². The van der Waals surface area contributed by atoms with Gasteiger partial charge in [-0.1, -0.05) is 47.1 Å². The molecule has 5 rings (SSSR count). The molecule has 2 aliphatic rings. The van der Waals surface area contributed by atoms with Gasteiger partial charge in [0.2, 0.25) is 17.6 Å². The molecule has 172 valence electrons. The maximum atomic E-state index is 13.2. The first-order valence-electron chi connectivity index (χ1n) is 11.9. The number of hydrogen-bond acceptors (Lipinski definition) is 6. The molecular formula is C26H31N5O2. The largest absolute Gasteiger partial charge is 0.368 e. The maximum Gasteiger partial charge on any atom is 0.241 e. The zero-order valence-corrected chi connectivity index (χ0v) is 19.2. The average molecular weight is 446 g/mol. The van der Waals surface area contributed by atoms with E-state index in [0.717, 1.165) is 57.7 Å². The van der Waals surface area contributed by atoms with Gasteiger partial charge in [-0.15, -0.1) is 0 Å². The molecule has 0 saturated carbocycles. The highest BCUT2D eigenvalue weighted by Gasteiger charge is 2.31. The van der Waals surface area contributed by atoms with Crippen molar-refractivity contribution in [1.82, 2.24) is 19.9 Å². The Hall–Kier alpha value is -3.19. The number of aromatic nitrogens is 2. The minimum absolute atomic E-state index is 0.0428. The van der Waals surface area contributed by atoms with Gasteiger partial charge in [-0.2, -0.15) is 4.98 Å². The van der Waals surface area contributed by atoms with Crippen LogP contribution in [0.15, 0.2) is 59.1 Å². The minimum Gasteiger partial charge on any atom is -0.368 e. The quantitative estimate of drug-likeness (QED) is 0.598. The molecule has 7 heteroatoms. The molecule has 0 N–H and O–H groups in total. The van der Waals surface area contributed by atoms with Crippen LogP contribution in [0.3, 0.4) is 0 Å². The first kappa shape index (κ1) is 21.6. The zero-order chi connectivity index (χ0) is 22.6. The predicted octanol–water partition coefficient (Wildman–Crippen LogP) is 3.61. The Balaban J connectivity index is 1.15. The fourth-order valence-corrected chi connectivity index (χ4v) is 4.89. The van der Waals surface area contributed by atoms with E-state index in [0.29, 0.717) is 24.2 Å². The van der Waals surface area contributed by atoms with Crippen molar-refractivity contribution in [2.75, 3.05) is 44.2 Å². The normalized spacial score (nSPS) is 19.6. The average Bonchev–Trinajstić information content (AvgIpc) is 3.33. The van der Waals surface area contributed by atoms with Crippen LogP contribution in [-0.4, -0.2) is 65.1 Å².